The molecule has 1 aliphatic carbocycles. The van der Waals surface area contributed by atoms with Crippen molar-refractivity contribution in [1.29, 1.82) is 0 Å². The minimum absolute atomic E-state index is 0.897. The van der Waals surface area contributed by atoms with Crippen molar-refractivity contribution >= 4 is 12.8 Å². The molecule has 1 N–H and O–H groups in total. The third-order valence-corrected chi connectivity index (χ3v) is 2.70. The van der Waals surface area contributed by atoms with E-state index in [1.807, 2.05) is 0 Å². The van der Waals surface area contributed by atoms with Crippen LogP contribution in [0.25, 0.3) is 0 Å². The molecular formula is C8H17NS. The van der Waals surface area contributed by atoms with E-state index in [-0.39, 0.29) is 0 Å². The summed E-state index contributed by atoms with van der Waals surface area (Å²) in [6.45, 7) is 3.44. The van der Waals surface area contributed by atoms with Gasteiger partial charge in [0.15, 0.2) is 0 Å². The molecule has 1 rings (SSSR count). The fourth-order valence-corrected chi connectivity index (χ4v) is 1.92. The maximum atomic E-state index is 4.00. The Kier molecular flexibility index (Phi) is 3.57. The van der Waals surface area contributed by atoms with Gasteiger partial charge >= 0.3 is 0 Å². The lowest BCUT2D eigenvalue weighted by molar-refractivity contribution is 0.292. The van der Waals surface area contributed by atoms with Crippen molar-refractivity contribution < 1.29 is 0 Å². The van der Waals surface area contributed by atoms with E-state index in [1.165, 1.54) is 25.7 Å². The van der Waals surface area contributed by atoms with Gasteiger partial charge in [-0.05, 0) is 24.7 Å². The van der Waals surface area contributed by atoms with Crippen LogP contribution in [0, 0.1) is 11.8 Å². The van der Waals surface area contributed by atoms with E-state index in [0.717, 1.165) is 18.4 Å². The third kappa shape index (κ3) is 2.51. The zero-order valence-corrected chi connectivity index (χ0v) is 7.53. The van der Waals surface area contributed by atoms with Gasteiger partial charge in [-0.25, -0.2) is 0 Å². The normalized spacial score (nSPS) is 34.2. The monoisotopic (exact) mass is 159 g/mol. The third-order valence-electron chi connectivity index (χ3n) is 2.52. The lowest BCUT2D eigenvalue weighted by Crippen LogP contribution is -2.20. The first kappa shape index (κ1) is 8.41. The smallest absolute Gasteiger partial charge is 0.00845 e. The maximum Gasteiger partial charge on any atom is 0.00845 e. The van der Waals surface area contributed by atoms with E-state index < -0.39 is 0 Å². The van der Waals surface area contributed by atoms with E-state index in [0.29, 0.717) is 0 Å². The van der Waals surface area contributed by atoms with E-state index in [9.17, 15) is 0 Å². The standard InChI is InChI=1S/C8H17NS/c1-7-2-4-8(5-3-7)6-9-10/h7-10H,2-6H2,1H3. The number of hydrogen-bond acceptors (Lipinski definition) is 2. The zero-order valence-electron chi connectivity index (χ0n) is 6.64. The lowest BCUT2D eigenvalue weighted by atomic mass is 9.83. The predicted octanol–water partition coefficient (Wildman–Crippen LogP) is 2.25. The molecule has 0 radical (unpaired) electrons. The van der Waals surface area contributed by atoms with Crippen LogP contribution in [0.3, 0.4) is 0 Å². The molecule has 0 spiro atoms. The fraction of sp³-hybridized carbons (Fsp3) is 1.00. The van der Waals surface area contributed by atoms with Gasteiger partial charge in [0.2, 0.25) is 0 Å². The Balaban J connectivity index is 2.13. The Morgan fingerprint density at radius 1 is 1.30 bits per heavy atom. The van der Waals surface area contributed by atoms with Gasteiger partial charge in [-0.3, -0.25) is 4.72 Å². The Morgan fingerprint density at radius 3 is 2.40 bits per heavy atom. The van der Waals surface area contributed by atoms with Gasteiger partial charge in [-0.2, -0.15) is 0 Å². The van der Waals surface area contributed by atoms with Crippen LogP contribution in [-0.2, 0) is 0 Å². The minimum Gasteiger partial charge on any atom is -0.267 e. The highest BCUT2D eigenvalue weighted by Gasteiger charge is 2.16. The predicted molar refractivity (Wildman–Crippen MR) is 48.1 cm³/mol. The molecule has 0 aromatic rings. The Bertz CT molecular complexity index is 87.3. The van der Waals surface area contributed by atoms with Gasteiger partial charge in [0.25, 0.3) is 0 Å². The molecule has 0 aromatic heterocycles. The molecule has 60 valence electrons. The summed E-state index contributed by atoms with van der Waals surface area (Å²) in [4.78, 5) is 0. The van der Waals surface area contributed by atoms with Crippen LogP contribution in [0.15, 0.2) is 0 Å². The summed E-state index contributed by atoms with van der Waals surface area (Å²) < 4.78 is 2.95. The Hall–Kier alpha value is 0.310. The van der Waals surface area contributed by atoms with Gasteiger partial charge < -0.3 is 0 Å². The quantitative estimate of drug-likeness (QED) is 0.589. The second-order valence-corrected chi connectivity index (χ2v) is 3.80. The van der Waals surface area contributed by atoms with Crippen molar-refractivity contribution in [3.8, 4) is 0 Å². The topological polar surface area (TPSA) is 12.0 Å². The molecule has 0 atom stereocenters. The summed E-state index contributed by atoms with van der Waals surface area (Å²) in [5.74, 6) is 1.87. The van der Waals surface area contributed by atoms with Crippen LogP contribution < -0.4 is 4.72 Å². The molecule has 0 unspecified atom stereocenters. The average molecular weight is 159 g/mol. The van der Waals surface area contributed by atoms with Crippen LogP contribution in [-0.4, -0.2) is 6.54 Å². The van der Waals surface area contributed by atoms with Crippen molar-refractivity contribution in [3.05, 3.63) is 0 Å². The van der Waals surface area contributed by atoms with Crippen LogP contribution in [0.1, 0.15) is 32.6 Å². The summed E-state index contributed by atoms with van der Waals surface area (Å²) >= 11 is 4.00. The zero-order chi connectivity index (χ0) is 7.40. The van der Waals surface area contributed by atoms with Gasteiger partial charge in [0, 0.05) is 6.54 Å². The van der Waals surface area contributed by atoms with Gasteiger partial charge in [-0.1, -0.05) is 32.6 Å². The maximum absolute atomic E-state index is 4.00. The highest BCUT2D eigenvalue weighted by Crippen LogP contribution is 2.27. The van der Waals surface area contributed by atoms with Crippen LogP contribution in [0.5, 0.6) is 0 Å². The van der Waals surface area contributed by atoms with Crippen molar-refractivity contribution in [3.63, 3.8) is 0 Å². The number of hydrogen-bond donors (Lipinski definition) is 2. The van der Waals surface area contributed by atoms with Crippen molar-refractivity contribution in [2.24, 2.45) is 11.8 Å². The molecule has 0 bridgehead atoms. The van der Waals surface area contributed by atoms with Crippen molar-refractivity contribution in [1.82, 2.24) is 4.72 Å². The molecule has 0 saturated heterocycles. The second kappa shape index (κ2) is 4.24. The minimum atomic E-state index is 0.897. The first-order chi connectivity index (χ1) is 4.83. The van der Waals surface area contributed by atoms with Crippen molar-refractivity contribution in [2.75, 3.05) is 6.54 Å². The van der Waals surface area contributed by atoms with Gasteiger partial charge in [-0.15, -0.1) is 0 Å². The molecule has 0 aromatic carbocycles. The molecule has 0 aliphatic heterocycles. The number of thiol groups is 1. The van der Waals surface area contributed by atoms with Crippen LogP contribution in [0.4, 0.5) is 0 Å². The fourth-order valence-electron chi connectivity index (χ4n) is 1.66. The van der Waals surface area contributed by atoms with Gasteiger partial charge in [0.05, 0.1) is 0 Å². The molecule has 1 aliphatic rings. The van der Waals surface area contributed by atoms with Crippen molar-refractivity contribution in [2.45, 2.75) is 32.6 Å². The van der Waals surface area contributed by atoms with E-state index >= 15 is 0 Å². The molecule has 1 fully saturated rings. The Labute approximate surface area is 69.1 Å². The van der Waals surface area contributed by atoms with E-state index in [2.05, 4.69) is 24.5 Å². The largest absolute Gasteiger partial charge is 0.267 e. The summed E-state index contributed by atoms with van der Waals surface area (Å²) in [6.07, 6.45) is 5.63. The van der Waals surface area contributed by atoms with Crippen LogP contribution in [0.2, 0.25) is 0 Å². The van der Waals surface area contributed by atoms with Gasteiger partial charge in [0.1, 0.15) is 0 Å². The molecule has 1 saturated carbocycles. The highest BCUT2D eigenvalue weighted by atomic mass is 32.1. The molecule has 1 nitrogen and oxygen atoms in total. The first-order valence-electron chi connectivity index (χ1n) is 4.20. The summed E-state index contributed by atoms with van der Waals surface area (Å²) in [5, 5.41) is 0. The molecule has 0 heterocycles. The summed E-state index contributed by atoms with van der Waals surface area (Å²) in [7, 11) is 0. The summed E-state index contributed by atoms with van der Waals surface area (Å²) in [6, 6.07) is 0. The molecular weight excluding hydrogens is 142 g/mol. The average Bonchev–Trinajstić information content (AvgIpc) is 1.95. The highest BCUT2D eigenvalue weighted by molar-refractivity contribution is 7.78. The molecule has 2 heteroatoms. The second-order valence-electron chi connectivity index (χ2n) is 3.49. The first-order valence-corrected chi connectivity index (χ1v) is 4.64. The molecule has 10 heavy (non-hydrogen) atoms. The molecule has 0 amide bonds. The van der Waals surface area contributed by atoms with Crippen LogP contribution >= 0.6 is 12.8 Å². The van der Waals surface area contributed by atoms with E-state index in [1.54, 1.807) is 0 Å². The SMILES string of the molecule is CC1CCC(CNS)CC1. The number of nitrogens with one attached hydrogen (secondary N) is 1. The summed E-state index contributed by atoms with van der Waals surface area (Å²) in [5.41, 5.74) is 0. The number of rotatable bonds is 2. The Morgan fingerprint density at radius 2 is 1.90 bits per heavy atom. The lowest BCUT2D eigenvalue weighted by Gasteiger charge is -2.25. The van der Waals surface area contributed by atoms with E-state index in [4.69, 9.17) is 0 Å².